The number of amides is 3. The maximum absolute atomic E-state index is 13.8. The average Bonchev–Trinajstić information content (AvgIpc) is 3.04. The lowest BCUT2D eigenvalue weighted by atomic mass is 10.0. The highest BCUT2D eigenvalue weighted by Crippen LogP contribution is 2.33. The van der Waals surface area contributed by atoms with E-state index in [0.29, 0.717) is 28.6 Å². The molecule has 0 aromatic heterocycles. The monoisotopic (exact) mass is 775 g/mol. The summed E-state index contributed by atoms with van der Waals surface area (Å²) >= 11 is 2.18. The Hall–Kier alpha value is -4.53. The number of halogens is 1. The van der Waals surface area contributed by atoms with Crippen molar-refractivity contribution in [1.82, 2.24) is 16.0 Å². The van der Waals surface area contributed by atoms with Gasteiger partial charge in [0.1, 0.15) is 35.2 Å². The Labute approximate surface area is 294 Å². The van der Waals surface area contributed by atoms with Crippen LogP contribution in [0.3, 0.4) is 0 Å². The fraction of sp³-hybridized carbons (Fsp3) is 0.371. The molecule has 0 bridgehead atoms. The van der Waals surface area contributed by atoms with E-state index in [1.54, 1.807) is 83.5 Å². The lowest BCUT2D eigenvalue weighted by Gasteiger charge is -2.26. The van der Waals surface area contributed by atoms with Gasteiger partial charge in [0.2, 0.25) is 11.8 Å². The Balaban J connectivity index is 1.85. The minimum Gasteiger partial charge on any atom is -0.497 e. The molecule has 48 heavy (non-hydrogen) atoms. The highest BCUT2D eigenvalue weighted by Gasteiger charge is 2.30. The zero-order chi connectivity index (χ0) is 35.4. The first-order valence-electron chi connectivity index (χ1n) is 15.1. The quantitative estimate of drug-likeness (QED) is 0.153. The van der Waals surface area contributed by atoms with Gasteiger partial charge in [0.05, 0.1) is 21.3 Å². The number of rotatable bonds is 14. The number of hydrogen-bond acceptors (Lipinski definition) is 9. The van der Waals surface area contributed by atoms with Crippen LogP contribution in [-0.4, -0.2) is 68.9 Å². The zero-order valence-electron chi connectivity index (χ0n) is 28.0. The molecule has 0 saturated carbocycles. The van der Waals surface area contributed by atoms with E-state index < -0.39 is 47.6 Å². The normalized spacial score (nSPS) is 12.8. The molecule has 3 rings (SSSR count). The third kappa shape index (κ3) is 11.9. The van der Waals surface area contributed by atoms with Gasteiger partial charge in [-0.3, -0.25) is 9.59 Å². The number of alkyl carbamates (subject to hydrolysis) is 1. The first-order valence-corrected chi connectivity index (χ1v) is 16.2. The molecule has 13 heteroatoms. The van der Waals surface area contributed by atoms with Gasteiger partial charge in [0.15, 0.2) is 11.5 Å². The van der Waals surface area contributed by atoms with Crippen molar-refractivity contribution in [2.75, 3.05) is 21.3 Å². The molecule has 0 spiro atoms. The molecule has 12 nitrogen and oxygen atoms in total. The van der Waals surface area contributed by atoms with E-state index in [2.05, 4.69) is 38.5 Å². The molecule has 3 atom stereocenters. The summed E-state index contributed by atoms with van der Waals surface area (Å²) in [4.78, 5) is 52.1. The van der Waals surface area contributed by atoms with Gasteiger partial charge >= 0.3 is 12.1 Å². The second kappa shape index (κ2) is 17.6. The summed E-state index contributed by atoms with van der Waals surface area (Å²) < 4.78 is 27.8. The van der Waals surface area contributed by atoms with Crippen molar-refractivity contribution in [3.8, 4) is 23.0 Å². The summed E-state index contributed by atoms with van der Waals surface area (Å²) in [6.07, 6.45) is -0.653. The number of carbonyl (C=O) groups is 4. The molecule has 0 fully saturated rings. The van der Waals surface area contributed by atoms with Crippen LogP contribution in [0, 0.1) is 3.57 Å². The van der Waals surface area contributed by atoms with Gasteiger partial charge in [-0.15, -0.1) is 0 Å². The van der Waals surface area contributed by atoms with Crippen molar-refractivity contribution < 1.29 is 42.9 Å². The molecule has 3 aromatic carbocycles. The zero-order valence-corrected chi connectivity index (χ0v) is 30.2. The molecule has 0 saturated heterocycles. The summed E-state index contributed by atoms with van der Waals surface area (Å²) in [5, 5.41) is 8.00. The summed E-state index contributed by atoms with van der Waals surface area (Å²) in [6, 6.07) is 16.4. The lowest BCUT2D eigenvalue weighted by Crippen LogP contribution is -2.57. The standard InChI is InChI=1S/C35H42IN3O9/c1-21(33(42)46-7)37-31(40)27(18-22-8-13-25(44-5)14-9-22)38-32(41)28(39-34(43)48-35(2,3)4)19-23-10-15-26(16-11-23)47-30-20-24(36)12-17-29(30)45-6/h8-17,20-21,27-28H,18-19H2,1-7H3,(H,37,40)(H,38,41)(H,39,43)/t21-,27-,28-/m0/s1. The maximum atomic E-state index is 13.8. The molecule has 3 N–H and O–H groups in total. The molecule has 0 aliphatic heterocycles. The molecule has 3 aromatic rings. The summed E-state index contributed by atoms with van der Waals surface area (Å²) in [5.74, 6) is 0.394. The SMILES string of the molecule is COC(=O)[C@H](C)NC(=O)[C@H](Cc1ccc(OC)cc1)NC(=O)[C@H](Cc1ccc(Oc2cc(I)ccc2OC)cc1)NC(=O)OC(C)(C)C. The maximum Gasteiger partial charge on any atom is 0.408 e. The van der Waals surface area contributed by atoms with E-state index in [4.69, 9.17) is 23.7 Å². The number of esters is 1. The van der Waals surface area contributed by atoms with Gasteiger partial charge in [-0.2, -0.15) is 0 Å². The predicted molar refractivity (Wildman–Crippen MR) is 187 cm³/mol. The van der Waals surface area contributed by atoms with Crippen molar-refractivity contribution in [2.24, 2.45) is 0 Å². The van der Waals surface area contributed by atoms with Crippen LogP contribution >= 0.6 is 22.6 Å². The number of carbonyl (C=O) groups excluding carboxylic acids is 4. The smallest absolute Gasteiger partial charge is 0.408 e. The molecular formula is C35H42IN3O9. The van der Waals surface area contributed by atoms with Gasteiger partial charge in [-0.25, -0.2) is 9.59 Å². The van der Waals surface area contributed by atoms with Crippen LogP contribution in [0.5, 0.6) is 23.0 Å². The largest absolute Gasteiger partial charge is 0.497 e. The number of hydrogen-bond donors (Lipinski definition) is 3. The molecule has 3 amide bonds. The van der Waals surface area contributed by atoms with Crippen LogP contribution in [0.2, 0.25) is 0 Å². The Morgan fingerprint density at radius 2 is 1.25 bits per heavy atom. The highest BCUT2D eigenvalue weighted by atomic mass is 127. The van der Waals surface area contributed by atoms with Crippen LogP contribution in [0.25, 0.3) is 0 Å². The van der Waals surface area contributed by atoms with Crippen molar-refractivity contribution in [1.29, 1.82) is 0 Å². The molecule has 0 unspecified atom stereocenters. The fourth-order valence-corrected chi connectivity index (χ4v) is 4.94. The summed E-state index contributed by atoms with van der Waals surface area (Å²) in [5.41, 5.74) is 0.601. The Morgan fingerprint density at radius 3 is 1.77 bits per heavy atom. The van der Waals surface area contributed by atoms with Gasteiger partial charge in [0.25, 0.3) is 0 Å². The third-order valence-corrected chi connectivity index (χ3v) is 7.54. The van der Waals surface area contributed by atoms with Crippen LogP contribution in [0.15, 0.2) is 66.7 Å². The van der Waals surface area contributed by atoms with Crippen molar-refractivity contribution >= 4 is 46.5 Å². The van der Waals surface area contributed by atoms with Gasteiger partial charge in [-0.1, -0.05) is 24.3 Å². The molecule has 258 valence electrons. The Morgan fingerprint density at radius 1 is 0.708 bits per heavy atom. The minimum absolute atomic E-state index is 0.0628. The summed E-state index contributed by atoms with van der Waals surface area (Å²) in [6.45, 7) is 6.60. The van der Waals surface area contributed by atoms with Crippen LogP contribution in [0.1, 0.15) is 38.8 Å². The van der Waals surface area contributed by atoms with Gasteiger partial charge in [0, 0.05) is 16.4 Å². The first kappa shape index (κ1) is 37.9. The second-order valence-corrected chi connectivity index (χ2v) is 13.1. The highest BCUT2D eigenvalue weighted by molar-refractivity contribution is 14.1. The fourth-order valence-electron chi connectivity index (χ4n) is 4.47. The van der Waals surface area contributed by atoms with Crippen molar-refractivity contribution in [3.63, 3.8) is 0 Å². The van der Waals surface area contributed by atoms with E-state index in [1.807, 2.05) is 18.2 Å². The van der Waals surface area contributed by atoms with Gasteiger partial charge in [-0.05, 0) is 104 Å². The predicted octanol–water partition coefficient (Wildman–Crippen LogP) is 4.94. The van der Waals surface area contributed by atoms with Crippen LogP contribution in [0.4, 0.5) is 4.79 Å². The molecule has 0 aliphatic carbocycles. The second-order valence-electron chi connectivity index (χ2n) is 11.8. The van der Waals surface area contributed by atoms with Gasteiger partial charge < -0.3 is 39.6 Å². The van der Waals surface area contributed by atoms with E-state index in [-0.39, 0.29) is 12.8 Å². The number of nitrogens with one attached hydrogen (secondary N) is 3. The van der Waals surface area contributed by atoms with E-state index in [9.17, 15) is 19.2 Å². The Kier molecular flexibility index (Phi) is 13.9. The summed E-state index contributed by atoms with van der Waals surface area (Å²) in [7, 11) is 4.32. The first-order chi connectivity index (χ1) is 22.7. The molecule has 0 radical (unpaired) electrons. The van der Waals surface area contributed by atoms with Crippen LogP contribution < -0.4 is 30.2 Å². The molecule has 0 aliphatic rings. The Bertz CT molecular complexity index is 1560. The number of methoxy groups -OCH3 is 3. The third-order valence-electron chi connectivity index (χ3n) is 6.87. The molecule has 0 heterocycles. The van der Waals surface area contributed by atoms with Crippen molar-refractivity contribution in [2.45, 2.75) is 64.3 Å². The van der Waals surface area contributed by atoms with E-state index in [0.717, 1.165) is 9.13 Å². The average molecular weight is 776 g/mol. The van der Waals surface area contributed by atoms with E-state index >= 15 is 0 Å². The van der Waals surface area contributed by atoms with E-state index in [1.165, 1.54) is 14.0 Å². The number of ether oxygens (including phenoxy) is 5. The number of benzene rings is 3. The lowest BCUT2D eigenvalue weighted by molar-refractivity contribution is -0.144. The molecular weight excluding hydrogens is 733 g/mol. The minimum atomic E-state index is -1.13. The van der Waals surface area contributed by atoms with Crippen LogP contribution in [-0.2, 0) is 36.7 Å². The topological polar surface area (TPSA) is 151 Å². The van der Waals surface area contributed by atoms with Crippen molar-refractivity contribution in [3.05, 3.63) is 81.4 Å².